The minimum Gasteiger partial charge on any atom is -0.493 e. The van der Waals surface area contributed by atoms with Gasteiger partial charge in [-0.1, -0.05) is 54.6 Å². The zero-order valence-corrected chi connectivity index (χ0v) is 24.8. The third-order valence-electron chi connectivity index (χ3n) is 7.76. The fourth-order valence-corrected chi connectivity index (χ4v) is 5.61. The van der Waals surface area contributed by atoms with E-state index >= 15 is 0 Å². The number of rotatable bonds is 4. The zero-order valence-electron chi connectivity index (χ0n) is 24.8. The number of benzene rings is 3. The molecule has 226 valence electrons. The van der Waals surface area contributed by atoms with Gasteiger partial charge in [0.15, 0.2) is 11.5 Å². The summed E-state index contributed by atoms with van der Waals surface area (Å²) in [7, 11) is 1.63. The van der Waals surface area contributed by atoms with E-state index in [9.17, 15) is 14.7 Å². The van der Waals surface area contributed by atoms with Crippen LogP contribution in [0.1, 0.15) is 35.7 Å². The van der Waals surface area contributed by atoms with E-state index in [1.807, 2.05) is 71.6 Å². The van der Waals surface area contributed by atoms with Crippen LogP contribution < -0.4 is 20.1 Å². The van der Waals surface area contributed by atoms with Crippen molar-refractivity contribution in [3.05, 3.63) is 95.2 Å². The number of amides is 2. The Morgan fingerprint density at radius 1 is 1.07 bits per heavy atom. The number of para-hydroxylation sites is 1. The SMILES string of the molecule is COc1ccc2cc1OCCCN(Cc1ccccc1)CC(=O)N[C@@H]([C@@H](C)O)C(=O)NCCc1c([nH]c3ccccc13)C2. The molecule has 2 atom stereocenters. The van der Waals surface area contributed by atoms with Crippen LogP contribution in [0.5, 0.6) is 11.5 Å². The Morgan fingerprint density at radius 3 is 2.65 bits per heavy atom. The van der Waals surface area contributed by atoms with Crippen LogP contribution in [0.3, 0.4) is 0 Å². The average Bonchev–Trinajstić information content (AvgIpc) is 3.34. The number of ether oxygens (including phenoxy) is 2. The van der Waals surface area contributed by atoms with E-state index < -0.39 is 18.1 Å². The summed E-state index contributed by atoms with van der Waals surface area (Å²) >= 11 is 0. The predicted octanol–water partition coefficient (Wildman–Crippen LogP) is 3.58. The van der Waals surface area contributed by atoms with Gasteiger partial charge < -0.3 is 30.2 Å². The fraction of sp³-hybridized carbons (Fsp3) is 0.353. The number of carbonyl (C=O) groups is 2. The number of nitrogens with one attached hydrogen (secondary N) is 3. The van der Waals surface area contributed by atoms with Crippen molar-refractivity contribution in [1.82, 2.24) is 20.5 Å². The number of aromatic nitrogens is 1. The average molecular weight is 585 g/mol. The van der Waals surface area contributed by atoms with Crippen molar-refractivity contribution in [2.75, 3.05) is 33.4 Å². The Kier molecular flexibility index (Phi) is 9.96. The topological polar surface area (TPSA) is 116 Å². The molecular formula is C34H40N4O5. The van der Waals surface area contributed by atoms with Gasteiger partial charge in [-0.2, -0.15) is 0 Å². The second-order valence-electron chi connectivity index (χ2n) is 11.0. The van der Waals surface area contributed by atoms with Gasteiger partial charge in [0.05, 0.1) is 26.4 Å². The Labute approximate surface area is 252 Å². The highest BCUT2D eigenvalue weighted by atomic mass is 16.5. The lowest BCUT2D eigenvalue weighted by molar-refractivity contribution is -0.132. The summed E-state index contributed by atoms with van der Waals surface area (Å²) in [6, 6.07) is 23.0. The third-order valence-corrected chi connectivity index (χ3v) is 7.76. The molecule has 0 fully saturated rings. The van der Waals surface area contributed by atoms with E-state index in [2.05, 4.69) is 21.7 Å². The van der Waals surface area contributed by atoms with Crippen molar-refractivity contribution in [2.45, 2.75) is 44.9 Å². The van der Waals surface area contributed by atoms with Crippen molar-refractivity contribution in [3.8, 4) is 11.5 Å². The van der Waals surface area contributed by atoms with E-state index in [4.69, 9.17) is 9.47 Å². The van der Waals surface area contributed by atoms with Gasteiger partial charge in [0, 0.05) is 42.7 Å². The molecule has 0 unspecified atom stereocenters. The normalized spacial score (nSPS) is 18.3. The summed E-state index contributed by atoms with van der Waals surface area (Å²) < 4.78 is 11.8. The number of fused-ring (bicyclic) bond motifs is 5. The van der Waals surface area contributed by atoms with E-state index in [0.717, 1.165) is 33.3 Å². The van der Waals surface area contributed by atoms with Crippen LogP contribution in [0.15, 0.2) is 72.8 Å². The van der Waals surface area contributed by atoms with Crippen LogP contribution in [0.4, 0.5) is 0 Å². The first-order valence-electron chi connectivity index (χ1n) is 14.8. The molecule has 0 spiro atoms. The molecule has 4 N–H and O–H groups in total. The van der Waals surface area contributed by atoms with Crippen LogP contribution in [0.2, 0.25) is 0 Å². The molecule has 43 heavy (non-hydrogen) atoms. The summed E-state index contributed by atoms with van der Waals surface area (Å²) in [4.78, 5) is 31.9. The number of aliphatic hydroxyl groups excluding tert-OH is 1. The minimum absolute atomic E-state index is 0.0723. The van der Waals surface area contributed by atoms with Crippen LogP contribution in [-0.2, 0) is 29.0 Å². The van der Waals surface area contributed by atoms with Gasteiger partial charge in [0.2, 0.25) is 11.8 Å². The van der Waals surface area contributed by atoms with Crippen LogP contribution in [0.25, 0.3) is 10.9 Å². The Balaban J connectivity index is 1.43. The summed E-state index contributed by atoms with van der Waals surface area (Å²) in [5.41, 5.74) is 5.34. The van der Waals surface area contributed by atoms with Crippen molar-refractivity contribution < 1.29 is 24.2 Å². The molecule has 0 radical (unpaired) electrons. The van der Waals surface area contributed by atoms with Gasteiger partial charge in [0.1, 0.15) is 6.04 Å². The minimum atomic E-state index is -1.06. The Bertz CT molecular complexity index is 1530. The Hall–Kier alpha value is -4.34. The molecule has 1 aliphatic rings. The van der Waals surface area contributed by atoms with Gasteiger partial charge >= 0.3 is 0 Å². The molecule has 1 aliphatic heterocycles. The summed E-state index contributed by atoms with van der Waals surface area (Å²) in [6.45, 7) is 3.52. The first-order chi connectivity index (χ1) is 20.9. The second-order valence-corrected chi connectivity index (χ2v) is 11.0. The Morgan fingerprint density at radius 2 is 1.86 bits per heavy atom. The van der Waals surface area contributed by atoms with E-state index in [1.165, 1.54) is 6.92 Å². The first kappa shape index (κ1) is 30.1. The van der Waals surface area contributed by atoms with Crippen LogP contribution in [-0.4, -0.2) is 72.3 Å². The molecule has 0 aliphatic carbocycles. The number of aromatic amines is 1. The summed E-state index contributed by atoms with van der Waals surface area (Å²) in [6.07, 6.45) is 0.838. The van der Waals surface area contributed by atoms with Crippen molar-refractivity contribution >= 4 is 22.7 Å². The lowest BCUT2D eigenvalue weighted by atomic mass is 10.0. The molecular weight excluding hydrogens is 544 g/mol. The van der Waals surface area contributed by atoms with Gasteiger partial charge in [-0.15, -0.1) is 0 Å². The van der Waals surface area contributed by atoms with Crippen molar-refractivity contribution in [3.63, 3.8) is 0 Å². The van der Waals surface area contributed by atoms with Gasteiger partial charge in [-0.05, 0) is 54.7 Å². The largest absolute Gasteiger partial charge is 0.493 e. The lowest BCUT2D eigenvalue weighted by Crippen LogP contribution is -2.54. The molecule has 9 nitrogen and oxygen atoms in total. The maximum absolute atomic E-state index is 13.2. The van der Waals surface area contributed by atoms with E-state index in [0.29, 0.717) is 57.0 Å². The smallest absolute Gasteiger partial charge is 0.245 e. The summed E-state index contributed by atoms with van der Waals surface area (Å²) in [5.74, 6) is 0.600. The predicted molar refractivity (Wildman–Crippen MR) is 166 cm³/mol. The fourth-order valence-electron chi connectivity index (χ4n) is 5.61. The number of H-pyrrole nitrogens is 1. The van der Waals surface area contributed by atoms with Crippen LogP contribution in [0, 0.1) is 0 Å². The molecule has 0 saturated heterocycles. The zero-order chi connectivity index (χ0) is 30.2. The first-order valence-corrected chi connectivity index (χ1v) is 14.8. The molecule has 3 aromatic carbocycles. The van der Waals surface area contributed by atoms with E-state index in [-0.39, 0.29) is 12.5 Å². The maximum Gasteiger partial charge on any atom is 0.245 e. The summed E-state index contributed by atoms with van der Waals surface area (Å²) in [5, 5.41) is 17.2. The number of hydrogen-bond donors (Lipinski definition) is 4. The number of methoxy groups -OCH3 is 1. The highest BCUT2D eigenvalue weighted by Crippen LogP contribution is 2.31. The second kappa shape index (κ2) is 14.2. The van der Waals surface area contributed by atoms with E-state index in [1.54, 1.807) is 7.11 Å². The highest BCUT2D eigenvalue weighted by molar-refractivity contribution is 5.89. The third kappa shape index (κ3) is 7.74. The van der Waals surface area contributed by atoms with Crippen molar-refractivity contribution in [2.24, 2.45) is 0 Å². The molecule has 9 heteroatoms. The number of nitrogens with zero attached hydrogens (tertiary/aromatic N) is 1. The molecule has 5 rings (SSSR count). The van der Waals surface area contributed by atoms with Crippen molar-refractivity contribution in [1.29, 1.82) is 0 Å². The van der Waals surface area contributed by atoms with Crippen LogP contribution >= 0.6 is 0 Å². The molecule has 2 heterocycles. The number of carbonyl (C=O) groups excluding carboxylic acids is 2. The maximum atomic E-state index is 13.2. The van der Waals surface area contributed by atoms with Gasteiger partial charge in [-0.25, -0.2) is 0 Å². The monoisotopic (exact) mass is 584 g/mol. The molecule has 0 saturated carbocycles. The number of aliphatic hydroxyl groups is 1. The molecule has 1 aromatic heterocycles. The molecule has 2 bridgehead atoms. The molecule has 2 amide bonds. The quantitative estimate of drug-likeness (QED) is 0.292. The lowest BCUT2D eigenvalue weighted by Gasteiger charge is -2.25. The highest BCUT2D eigenvalue weighted by Gasteiger charge is 2.26. The van der Waals surface area contributed by atoms with Gasteiger partial charge in [-0.3, -0.25) is 14.5 Å². The standard InChI is InChI=1S/C34H40N4O5/c1-23(39)33-34(41)35-16-15-27-26-11-6-7-12-28(26)36-29(27)19-25-13-14-30(42-2)31(20-25)43-18-8-17-38(22-32(40)37-33)21-24-9-4-3-5-10-24/h3-7,9-14,20,23,33,36,39H,8,15-19,21-22H2,1-2H3,(H,35,41)(H,37,40)/t23-,33+/m1/s1. The molecule has 4 aromatic rings. The number of hydrogen-bond acceptors (Lipinski definition) is 6. The van der Waals surface area contributed by atoms with Gasteiger partial charge in [0.25, 0.3) is 0 Å².